The molecule has 1 aliphatic carbocycles. The summed E-state index contributed by atoms with van der Waals surface area (Å²) in [7, 11) is 0. The van der Waals surface area contributed by atoms with Gasteiger partial charge in [-0.05, 0) is 13.3 Å². The molecule has 0 aliphatic heterocycles. The molecule has 15 heavy (non-hydrogen) atoms. The van der Waals surface area contributed by atoms with Crippen LogP contribution in [0, 0.1) is 11.3 Å². The van der Waals surface area contributed by atoms with E-state index in [1.165, 1.54) is 12.5 Å². The predicted octanol–water partition coefficient (Wildman–Crippen LogP) is 1.90. The van der Waals surface area contributed by atoms with Gasteiger partial charge in [-0.2, -0.15) is 0 Å². The Kier molecular flexibility index (Phi) is 3.55. The highest BCUT2D eigenvalue weighted by molar-refractivity contribution is 5.65. The number of esters is 1. The molecule has 0 saturated carbocycles. The summed E-state index contributed by atoms with van der Waals surface area (Å²) in [6.07, 6.45) is 2.36. The van der Waals surface area contributed by atoms with Crippen LogP contribution in [0.3, 0.4) is 0 Å². The van der Waals surface area contributed by atoms with Crippen LogP contribution in [-0.4, -0.2) is 23.8 Å². The number of hydrogen-bond acceptors (Lipinski definition) is 3. The molecule has 3 heteroatoms. The van der Waals surface area contributed by atoms with E-state index in [4.69, 9.17) is 4.74 Å². The molecule has 0 radical (unpaired) electrons. The van der Waals surface area contributed by atoms with Crippen molar-refractivity contribution in [3.63, 3.8) is 0 Å². The molecule has 0 aromatic heterocycles. The van der Waals surface area contributed by atoms with Crippen molar-refractivity contribution in [2.24, 2.45) is 11.3 Å². The van der Waals surface area contributed by atoms with E-state index in [0.717, 1.165) is 0 Å². The second kappa shape index (κ2) is 4.35. The van der Waals surface area contributed by atoms with Crippen LogP contribution in [0.15, 0.2) is 11.6 Å². The van der Waals surface area contributed by atoms with Gasteiger partial charge in [-0.25, -0.2) is 0 Å². The first-order valence-corrected chi connectivity index (χ1v) is 5.33. The number of ether oxygens (including phenoxy) is 1. The highest BCUT2D eigenvalue weighted by Crippen LogP contribution is 2.41. The van der Waals surface area contributed by atoms with E-state index in [-0.39, 0.29) is 23.4 Å². The maximum atomic E-state index is 10.8. The number of carbonyl (C=O) groups excluding carboxylic acids is 1. The van der Waals surface area contributed by atoms with Crippen LogP contribution in [0.5, 0.6) is 0 Å². The molecule has 0 aromatic carbocycles. The van der Waals surface area contributed by atoms with Gasteiger partial charge < -0.3 is 9.84 Å². The van der Waals surface area contributed by atoms with Gasteiger partial charge in [-0.3, -0.25) is 4.79 Å². The summed E-state index contributed by atoms with van der Waals surface area (Å²) in [6.45, 7) is 7.83. The van der Waals surface area contributed by atoms with Gasteiger partial charge in [0.1, 0.15) is 0 Å². The highest BCUT2D eigenvalue weighted by Gasteiger charge is 2.40. The zero-order valence-corrected chi connectivity index (χ0v) is 9.91. The summed E-state index contributed by atoms with van der Waals surface area (Å²) in [6, 6.07) is 0. The van der Waals surface area contributed by atoms with Crippen molar-refractivity contribution in [3.8, 4) is 0 Å². The minimum atomic E-state index is -0.359. The van der Waals surface area contributed by atoms with Crippen molar-refractivity contribution in [2.45, 2.75) is 40.2 Å². The Morgan fingerprint density at radius 2 is 2.27 bits per heavy atom. The third-order valence-electron chi connectivity index (χ3n) is 3.42. The molecule has 0 amide bonds. The fourth-order valence-corrected chi connectivity index (χ4v) is 2.11. The van der Waals surface area contributed by atoms with Crippen LogP contribution in [-0.2, 0) is 9.53 Å². The Hall–Kier alpha value is -0.830. The van der Waals surface area contributed by atoms with E-state index in [2.05, 4.69) is 0 Å². The van der Waals surface area contributed by atoms with Gasteiger partial charge in [0.15, 0.2) is 0 Å². The lowest BCUT2D eigenvalue weighted by Crippen LogP contribution is -2.42. The van der Waals surface area contributed by atoms with Gasteiger partial charge in [0.25, 0.3) is 0 Å². The molecular formula is C12H20O3. The lowest BCUT2D eigenvalue weighted by molar-refractivity contribution is -0.144. The second-order valence-electron chi connectivity index (χ2n) is 4.88. The molecule has 86 valence electrons. The van der Waals surface area contributed by atoms with E-state index in [9.17, 15) is 9.90 Å². The van der Waals surface area contributed by atoms with Crippen molar-refractivity contribution in [2.75, 3.05) is 6.61 Å². The first-order chi connectivity index (χ1) is 6.85. The summed E-state index contributed by atoms with van der Waals surface area (Å²) in [4.78, 5) is 10.8. The molecule has 2 atom stereocenters. The van der Waals surface area contributed by atoms with E-state index < -0.39 is 0 Å². The molecular weight excluding hydrogens is 192 g/mol. The lowest BCUT2D eigenvalue weighted by atomic mass is 9.67. The summed E-state index contributed by atoms with van der Waals surface area (Å²) in [5.41, 5.74) is 0.973. The fraction of sp³-hybridized carbons (Fsp3) is 0.750. The molecule has 0 bridgehead atoms. The minimum absolute atomic E-state index is 0.116. The van der Waals surface area contributed by atoms with Crippen molar-refractivity contribution >= 4 is 5.97 Å². The van der Waals surface area contributed by atoms with Crippen LogP contribution in [0.2, 0.25) is 0 Å². The van der Waals surface area contributed by atoms with E-state index >= 15 is 0 Å². The van der Waals surface area contributed by atoms with Gasteiger partial charge in [0, 0.05) is 18.3 Å². The van der Waals surface area contributed by atoms with Gasteiger partial charge in [-0.1, -0.05) is 25.5 Å². The van der Waals surface area contributed by atoms with Crippen LogP contribution in [0.4, 0.5) is 0 Å². The average Bonchev–Trinajstić information content (AvgIpc) is 2.11. The van der Waals surface area contributed by atoms with Gasteiger partial charge >= 0.3 is 5.97 Å². The average molecular weight is 212 g/mol. The van der Waals surface area contributed by atoms with E-state index in [0.29, 0.717) is 13.0 Å². The normalized spacial score (nSPS) is 29.5. The summed E-state index contributed by atoms with van der Waals surface area (Å²) >= 11 is 0. The number of rotatable bonds is 2. The quantitative estimate of drug-likeness (QED) is 0.561. The van der Waals surface area contributed by atoms with Crippen molar-refractivity contribution in [1.82, 2.24) is 0 Å². The molecule has 0 heterocycles. The number of aliphatic hydroxyl groups is 1. The molecule has 3 nitrogen and oxygen atoms in total. The van der Waals surface area contributed by atoms with Crippen LogP contribution < -0.4 is 0 Å². The van der Waals surface area contributed by atoms with Gasteiger partial charge in [0.2, 0.25) is 0 Å². The molecule has 0 saturated heterocycles. The zero-order valence-electron chi connectivity index (χ0n) is 9.91. The largest absolute Gasteiger partial charge is 0.465 e. The SMILES string of the molecule is CC(=O)OC[C@@H]1C(C)=CC[C@H](O)C1(C)C. The molecule has 0 spiro atoms. The lowest BCUT2D eigenvalue weighted by Gasteiger charge is -2.41. The first kappa shape index (κ1) is 12.2. The third kappa shape index (κ3) is 2.59. The summed E-state index contributed by atoms with van der Waals surface area (Å²) in [5.74, 6) is -0.149. The number of hydrogen-bond donors (Lipinski definition) is 1. The number of carbonyl (C=O) groups is 1. The predicted molar refractivity (Wildman–Crippen MR) is 58.3 cm³/mol. The maximum Gasteiger partial charge on any atom is 0.302 e. The molecule has 0 aromatic rings. The van der Waals surface area contributed by atoms with E-state index in [1.54, 1.807) is 0 Å². The zero-order chi connectivity index (χ0) is 11.6. The van der Waals surface area contributed by atoms with Crippen molar-refractivity contribution in [3.05, 3.63) is 11.6 Å². The molecule has 0 fully saturated rings. The fourth-order valence-electron chi connectivity index (χ4n) is 2.11. The second-order valence-corrected chi connectivity index (χ2v) is 4.88. The smallest absolute Gasteiger partial charge is 0.302 e. The van der Waals surface area contributed by atoms with Gasteiger partial charge in [-0.15, -0.1) is 0 Å². The molecule has 0 unspecified atom stereocenters. The Balaban J connectivity index is 2.77. The maximum absolute atomic E-state index is 10.8. The number of aliphatic hydroxyl groups excluding tert-OH is 1. The Morgan fingerprint density at radius 1 is 1.67 bits per heavy atom. The van der Waals surface area contributed by atoms with Gasteiger partial charge in [0.05, 0.1) is 12.7 Å². The molecule has 1 N–H and O–H groups in total. The summed E-state index contributed by atoms with van der Waals surface area (Å²) in [5, 5.41) is 9.91. The third-order valence-corrected chi connectivity index (χ3v) is 3.42. The van der Waals surface area contributed by atoms with Crippen LogP contribution in [0.1, 0.15) is 34.1 Å². The Labute approximate surface area is 91.1 Å². The van der Waals surface area contributed by atoms with E-state index in [1.807, 2.05) is 26.8 Å². The topological polar surface area (TPSA) is 46.5 Å². The minimum Gasteiger partial charge on any atom is -0.465 e. The van der Waals surface area contributed by atoms with Crippen LogP contribution >= 0.6 is 0 Å². The van der Waals surface area contributed by atoms with Crippen molar-refractivity contribution in [1.29, 1.82) is 0 Å². The first-order valence-electron chi connectivity index (χ1n) is 5.33. The molecule has 1 aliphatic rings. The molecule has 1 rings (SSSR count). The monoisotopic (exact) mass is 212 g/mol. The van der Waals surface area contributed by atoms with Crippen molar-refractivity contribution < 1.29 is 14.6 Å². The standard InChI is InChI=1S/C12H20O3/c1-8-5-6-11(14)12(3,4)10(8)7-15-9(2)13/h5,10-11,14H,6-7H2,1-4H3/t10-,11+/m1/s1. The highest BCUT2D eigenvalue weighted by atomic mass is 16.5. The Bertz CT molecular complexity index is 279. The Morgan fingerprint density at radius 3 is 2.80 bits per heavy atom. The summed E-state index contributed by atoms with van der Waals surface area (Å²) < 4.78 is 5.04. The van der Waals surface area contributed by atoms with Crippen LogP contribution in [0.25, 0.3) is 0 Å².